The fraction of sp³-hybridized carbons (Fsp3) is 0.333. The van der Waals surface area contributed by atoms with Crippen LogP contribution in [0.5, 0.6) is 0 Å². The largest absolute Gasteiger partial charge is 0.375 e. The maximum atomic E-state index is 11.9. The molecule has 0 saturated carbocycles. The molecular weight excluding hydrogens is 266 g/mol. The molecule has 3 N–H and O–H groups in total. The van der Waals surface area contributed by atoms with Gasteiger partial charge in [-0.25, -0.2) is 4.98 Å². The van der Waals surface area contributed by atoms with Gasteiger partial charge in [0.1, 0.15) is 5.69 Å². The van der Waals surface area contributed by atoms with Crippen molar-refractivity contribution in [1.82, 2.24) is 10.3 Å². The van der Waals surface area contributed by atoms with Crippen LogP contribution in [-0.4, -0.2) is 17.4 Å². The number of nitrogens with two attached hydrogens (primary N) is 1. The van der Waals surface area contributed by atoms with Gasteiger partial charge in [-0.3, -0.25) is 4.79 Å². The van der Waals surface area contributed by atoms with Gasteiger partial charge in [-0.1, -0.05) is 19.9 Å². The summed E-state index contributed by atoms with van der Waals surface area (Å²) in [5.74, 6) is -0.174. The summed E-state index contributed by atoms with van der Waals surface area (Å²) in [5, 5.41) is 7.02. The molecule has 0 aliphatic carbocycles. The van der Waals surface area contributed by atoms with Gasteiger partial charge in [-0.2, -0.15) is 0 Å². The predicted molar refractivity (Wildman–Crippen MR) is 76.2 cm³/mol. The summed E-state index contributed by atoms with van der Waals surface area (Å²) >= 11 is 2.97. The van der Waals surface area contributed by atoms with E-state index in [-0.39, 0.29) is 11.3 Å². The zero-order valence-corrected chi connectivity index (χ0v) is 11.9. The molecule has 0 spiro atoms. The monoisotopic (exact) mass is 281 g/mol. The van der Waals surface area contributed by atoms with Crippen LogP contribution >= 0.6 is 22.7 Å². The average molecular weight is 281 g/mol. The van der Waals surface area contributed by atoms with Gasteiger partial charge in [0.2, 0.25) is 0 Å². The van der Waals surface area contributed by atoms with E-state index in [1.807, 2.05) is 11.4 Å². The normalized spacial score (nSPS) is 11.4. The highest BCUT2D eigenvalue weighted by Gasteiger charge is 2.23. The SMILES string of the molecule is CC(C)(CNC(=O)c1csc(N)n1)c1cccs1. The van der Waals surface area contributed by atoms with Gasteiger partial charge >= 0.3 is 0 Å². The maximum absolute atomic E-state index is 11.9. The molecule has 0 aliphatic rings. The Morgan fingerprint density at radius 3 is 2.83 bits per heavy atom. The molecule has 0 atom stereocenters. The van der Waals surface area contributed by atoms with Crippen LogP contribution in [0.25, 0.3) is 0 Å². The maximum Gasteiger partial charge on any atom is 0.270 e. The summed E-state index contributed by atoms with van der Waals surface area (Å²) in [6.45, 7) is 4.78. The van der Waals surface area contributed by atoms with Gasteiger partial charge in [0.05, 0.1) is 0 Å². The first-order valence-corrected chi connectivity index (χ1v) is 7.28. The molecule has 1 amide bonds. The van der Waals surface area contributed by atoms with Crippen molar-refractivity contribution in [3.05, 3.63) is 33.5 Å². The van der Waals surface area contributed by atoms with Gasteiger partial charge in [0.25, 0.3) is 5.91 Å². The van der Waals surface area contributed by atoms with E-state index in [9.17, 15) is 4.79 Å². The van der Waals surface area contributed by atoms with Gasteiger partial charge in [-0.15, -0.1) is 22.7 Å². The second kappa shape index (κ2) is 5.07. The van der Waals surface area contributed by atoms with Gasteiger partial charge in [0, 0.05) is 22.2 Å². The Labute approximate surface area is 114 Å². The number of hydrogen-bond donors (Lipinski definition) is 2. The summed E-state index contributed by atoms with van der Waals surface area (Å²) in [5.41, 5.74) is 5.82. The molecule has 4 nitrogen and oxygen atoms in total. The third-order valence-electron chi connectivity index (χ3n) is 2.63. The highest BCUT2D eigenvalue weighted by Crippen LogP contribution is 2.26. The van der Waals surface area contributed by atoms with Crippen LogP contribution in [0, 0.1) is 0 Å². The summed E-state index contributed by atoms with van der Waals surface area (Å²) in [6, 6.07) is 4.10. The quantitative estimate of drug-likeness (QED) is 0.904. The Morgan fingerprint density at radius 2 is 2.28 bits per heavy atom. The second-order valence-electron chi connectivity index (χ2n) is 4.61. The van der Waals surface area contributed by atoms with E-state index in [4.69, 9.17) is 5.73 Å². The third kappa shape index (κ3) is 2.88. The van der Waals surface area contributed by atoms with E-state index in [1.54, 1.807) is 16.7 Å². The number of anilines is 1. The van der Waals surface area contributed by atoms with Crippen LogP contribution in [0.3, 0.4) is 0 Å². The van der Waals surface area contributed by atoms with Crippen molar-refractivity contribution < 1.29 is 4.79 Å². The molecule has 0 saturated heterocycles. The van der Waals surface area contributed by atoms with E-state index < -0.39 is 0 Å². The summed E-state index contributed by atoms with van der Waals surface area (Å²) in [7, 11) is 0. The third-order valence-corrected chi connectivity index (χ3v) is 4.54. The standard InChI is InChI=1S/C12H15N3OS2/c1-12(2,9-4-3-5-17-9)7-14-10(16)8-6-18-11(13)15-8/h3-6H,7H2,1-2H3,(H2,13,15)(H,14,16). The Bertz CT molecular complexity index is 531. The number of aromatic nitrogens is 1. The van der Waals surface area contributed by atoms with Gasteiger partial charge in [-0.05, 0) is 11.4 Å². The molecule has 0 aromatic carbocycles. The summed E-state index contributed by atoms with van der Waals surface area (Å²) in [4.78, 5) is 17.1. The second-order valence-corrected chi connectivity index (χ2v) is 6.45. The van der Waals surface area contributed by atoms with E-state index >= 15 is 0 Å². The van der Waals surface area contributed by atoms with Crippen molar-refractivity contribution in [2.24, 2.45) is 0 Å². The number of hydrogen-bond acceptors (Lipinski definition) is 5. The number of nitrogens with one attached hydrogen (secondary N) is 1. The van der Waals surface area contributed by atoms with Crippen molar-refractivity contribution in [1.29, 1.82) is 0 Å². The van der Waals surface area contributed by atoms with Crippen molar-refractivity contribution in [2.45, 2.75) is 19.3 Å². The smallest absolute Gasteiger partial charge is 0.270 e. The molecule has 2 heterocycles. The highest BCUT2D eigenvalue weighted by molar-refractivity contribution is 7.13. The molecule has 2 rings (SSSR count). The minimum absolute atomic E-state index is 0.0780. The molecule has 0 bridgehead atoms. The molecule has 0 radical (unpaired) electrons. The Balaban J connectivity index is 1.98. The first-order chi connectivity index (χ1) is 8.49. The average Bonchev–Trinajstić information content (AvgIpc) is 2.96. The zero-order chi connectivity index (χ0) is 13.2. The first-order valence-electron chi connectivity index (χ1n) is 5.52. The molecule has 18 heavy (non-hydrogen) atoms. The topological polar surface area (TPSA) is 68.0 Å². The highest BCUT2D eigenvalue weighted by atomic mass is 32.1. The number of thiazole rings is 1. The lowest BCUT2D eigenvalue weighted by atomic mass is 9.91. The molecule has 2 aromatic rings. The lowest BCUT2D eigenvalue weighted by Crippen LogP contribution is -2.36. The fourth-order valence-electron chi connectivity index (χ4n) is 1.53. The van der Waals surface area contributed by atoms with Crippen LogP contribution in [0.1, 0.15) is 29.2 Å². The molecule has 0 unspecified atom stereocenters. The van der Waals surface area contributed by atoms with Crippen molar-refractivity contribution in [2.75, 3.05) is 12.3 Å². The van der Waals surface area contributed by atoms with Crippen LogP contribution in [0.4, 0.5) is 5.13 Å². The van der Waals surface area contributed by atoms with Crippen molar-refractivity contribution in [3.8, 4) is 0 Å². The lowest BCUT2D eigenvalue weighted by Gasteiger charge is -2.23. The van der Waals surface area contributed by atoms with Gasteiger partial charge in [0.15, 0.2) is 5.13 Å². The number of nitrogen functional groups attached to an aromatic ring is 1. The van der Waals surface area contributed by atoms with Crippen LogP contribution in [0.2, 0.25) is 0 Å². The molecule has 6 heteroatoms. The van der Waals surface area contributed by atoms with Crippen LogP contribution in [-0.2, 0) is 5.41 Å². The Hall–Kier alpha value is -1.40. The van der Waals surface area contributed by atoms with Crippen molar-refractivity contribution in [3.63, 3.8) is 0 Å². The molecule has 0 fully saturated rings. The summed E-state index contributed by atoms with van der Waals surface area (Å²) < 4.78 is 0. The van der Waals surface area contributed by atoms with E-state index in [2.05, 4.69) is 30.2 Å². The molecule has 2 aromatic heterocycles. The first kappa shape index (κ1) is 13.0. The van der Waals surface area contributed by atoms with E-state index in [0.29, 0.717) is 17.4 Å². The summed E-state index contributed by atoms with van der Waals surface area (Å²) in [6.07, 6.45) is 0. The van der Waals surface area contributed by atoms with Crippen LogP contribution in [0.15, 0.2) is 22.9 Å². The number of amides is 1. The number of carbonyl (C=O) groups is 1. The Kier molecular flexibility index (Phi) is 3.68. The molecule has 0 aliphatic heterocycles. The fourth-order valence-corrected chi connectivity index (χ4v) is 2.93. The minimum atomic E-state index is -0.174. The van der Waals surface area contributed by atoms with Crippen LogP contribution < -0.4 is 11.1 Å². The number of rotatable bonds is 4. The predicted octanol–water partition coefficient (Wildman–Crippen LogP) is 2.49. The van der Waals surface area contributed by atoms with Crippen molar-refractivity contribution >= 4 is 33.7 Å². The zero-order valence-electron chi connectivity index (χ0n) is 10.3. The van der Waals surface area contributed by atoms with Gasteiger partial charge < -0.3 is 11.1 Å². The number of nitrogens with zero attached hydrogens (tertiary/aromatic N) is 1. The molecule has 96 valence electrons. The number of thiophene rings is 1. The van der Waals surface area contributed by atoms with E-state index in [0.717, 1.165) is 0 Å². The van der Waals surface area contributed by atoms with E-state index in [1.165, 1.54) is 16.2 Å². The lowest BCUT2D eigenvalue weighted by molar-refractivity contribution is 0.0941. The molecular formula is C12H15N3OS2. The minimum Gasteiger partial charge on any atom is -0.375 e. The Morgan fingerprint density at radius 1 is 1.50 bits per heavy atom. The number of carbonyl (C=O) groups excluding carboxylic acids is 1.